The first-order valence-electron chi connectivity index (χ1n) is 7.63. The molecule has 3 rings (SSSR count). The van der Waals surface area contributed by atoms with Gasteiger partial charge in [-0.15, -0.1) is 0 Å². The van der Waals surface area contributed by atoms with Crippen LogP contribution in [0.1, 0.15) is 40.9 Å². The van der Waals surface area contributed by atoms with Crippen LogP contribution >= 0.6 is 0 Å². The molecule has 2 aromatic rings. The zero-order valence-electron chi connectivity index (χ0n) is 13.3. The highest BCUT2D eigenvalue weighted by Gasteiger charge is 2.39. The van der Waals surface area contributed by atoms with Gasteiger partial charge in [0, 0.05) is 13.0 Å². The number of ether oxygens (including phenoxy) is 1. The van der Waals surface area contributed by atoms with Gasteiger partial charge in [-0.3, -0.25) is 9.59 Å². The summed E-state index contributed by atoms with van der Waals surface area (Å²) in [5.41, 5.74) is 2.50. The number of carbonyl (C=O) groups is 2. The molecule has 0 aromatic heterocycles. The smallest absolute Gasteiger partial charge is 0.258 e. The SMILES string of the molecule is COc1cccc2c1C(=O)N(Cc1ccccc1)C2CC(C)=O. The molecule has 4 heteroatoms. The van der Waals surface area contributed by atoms with Crippen molar-refractivity contribution in [3.8, 4) is 5.75 Å². The van der Waals surface area contributed by atoms with E-state index >= 15 is 0 Å². The van der Waals surface area contributed by atoms with Gasteiger partial charge in [0.05, 0.1) is 18.7 Å². The van der Waals surface area contributed by atoms with Gasteiger partial charge in [0.2, 0.25) is 0 Å². The number of methoxy groups -OCH3 is 1. The minimum absolute atomic E-state index is 0.0662. The summed E-state index contributed by atoms with van der Waals surface area (Å²) < 4.78 is 5.35. The lowest BCUT2D eigenvalue weighted by molar-refractivity contribution is -0.118. The highest BCUT2D eigenvalue weighted by atomic mass is 16.5. The molecule has 0 aliphatic carbocycles. The quantitative estimate of drug-likeness (QED) is 0.850. The number of ketones is 1. The zero-order valence-corrected chi connectivity index (χ0v) is 13.3. The first-order chi connectivity index (χ1) is 11.1. The molecule has 1 amide bonds. The Labute approximate surface area is 135 Å². The molecule has 2 aromatic carbocycles. The second-order valence-corrected chi connectivity index (χ2v) is 5.77. The van der Waals surface area contributed by atoms with E-state index < -0.39 is 0 Å². The lowest BCUT2D eigenvalue weighted by Gasteiger charge is -2.24. The number of hydrogen-bond donors (Lipinski definition) is 0. The van der Waals surface area contributed by atoms with E-state index in [-0.39, 0.29) is 17.7 Å². The Hall–Kier alpha value is -2.62. The number of rotatable bonds is 5. The lowest BCUT2D eigenvalue weighted by atomic mass is 10.00. The summed E-state index contributed by atoms with van der Waals surface area (Å²) in [6.07, 6.45) is 0.318. The van der Waals surface area contributed by atoms with E-state index in [4.69, 9.17) is 4.74 Å². The van der Waals surface area contributed by atoms with Crippen LogP contribution in [-0.4, -0.2) is 23.7 Å². The Morgan fingerprint density at radius 3 is 2.52 bits per heavy atom. The fourth-order valence-electron chi connectivity index (χ4n) is 3.13. The van der Waals surface area contributed by atoms with Crippen molar-refractivity contribution in [2.75, 3.05) is 7.11 Å². The summed E-state index contributed by atoms with van der Waals surface area (Å²) in [6.45, 7) is 2.04. The highest BCUT2D eigenvalue weighted by Crippen LogP contribution is 2.41. The summed E-state index contributed by atoms with van der Waals surface area (Å²) in [5, 5.41) is 0. The maximum atomic E-state index is 12.9. The molecule has 0 radical (unpaired) electrons. The van der Waals surface area contributed by atoms with Crippen molar-refractivity contribution in [2.45, 2.75) is 25.9 Å². The minimum Gasteiger partial charge on any atom is -0.496 e. The lowest BCUT2D eigenvalue weighted by Crippen LogP contribution is -2.28. The normalized spacial score (nSPS) is 16.3. The molecule has 23 heavy (non-hydrogen) atoms. The zero-order chi connectivity index (χ0) is 16.4. The van der Waals surface area contributed by atoms with Crippen LogP contribution in [0.5, 0.6) is 5.75 Å². The number of Topliss-reactive ketones (excluding diaryl/α,β-unsaturated/α-hetero) is 1. The second kappa shape index (κ2) is 6.24. The van der Waals surface area contributed by atoms with Crippen molar-refractivity contribution in [1.29, 1.82) is 0 Å². The standard InChI is InChI=1S/C19H19NO3/c1-13(21)11-16-15-9-6-10-17(23-2)18(15)19(22)20(16)12-14-7-4-3-5-8-14/h3-10,16H,11-12H2,1-2H3. The molecule has 1 heterocycles. The first kappa shape index (κ1) is 15.3. The number of benzene rings is 2. The highest BCUT2D eigenvalue weighted by molar-refractivity contribution is 6.02. The van der Waals surface area contributed by atoms with Gasteiger partial charge in [-0.1, -0.05) is 42.5 Å². The first-order valence-corrected chi connectivity index (χ1v) is 7.63. The van der Waals surface area contributed by atoms with Gasteiger partial charge in [0.25, 0.3) is 5.91 Å². The third kappa shape index (κ3) is 2.84. The van der Waals surface area contributed by atoms with E-state index in [0.717, 1.165) is 11.1 Å². The summed E-state index contributed by atoms with van der Waals surface area (Å²) in [5.74, 6) is 0.556. The van der Waals surface area contributed by atoms with E-state index in [1.807, 2.05) is 42.5 Å². The Morgan fingerprint density at radius 1 is 1.13 bits per heavy atom. The van der Waals surface area contributed by atoms with Crippen LogP contribution in [0, 0.1) is 0 Å². The Balaban J connectivity index is 2.01. The molecule has 118 valence electrons. The molecule has 0 N–H and O–H groups in total. The predicted octanol–water partition coefficient (Wildman–Crippen LogP) is 3.37. The number of amides is 1. The fourth-order valence-corrected chi connectivity index (χ4v) is 3.13. The molecule has 1 atom stereocenters. The van der Waals surface area contributed by atoms with E-state index in [1.165, 1.54) is 0 Å². The topological polar surface area (TPSA) is 46.6 Å². The molecule has 1 aliphatic rings. The molecule has 0 spiro atoms. The third-order valence-electron chi connectivity index (χ3n) is 4.16. The van der Waals surface area contributed by atoms with Gasteiger partial charge in [-0.05, 0) is 24.1 Å². The molecule has 0 bridgehead atoms. The molecule has 1 aliphatic heterocycles. The van der Waals surface area contributed by atoms with Crippen molar-refractivity contribution >= 4 is 11.7 Å². The van der Waals surface area contributed by atoms with Crippen molar-refractivity contribution in [3.63, 3.8) is 0 Å². The molecule has 0 saturated heterocycles. The van der Waals surface area contributed by atoms with E-state index in [0.29, 0.717) is 24.3 Å². The largest absolute Gasteiger partial charge is 0.496 e. The average molecular weight is 309 g/mol. The Bertz CT molecular complexity index is 740. The minimum atomic E-state index is -0.231. The van der Waals surface area contributed by atoms with Gasteiger partial charge in [0.15, 0.2) is 0 Å². The van der Waals surface area contributed by atoms with Crippen LogP contribution in [-0.2, 0) is 11.3 Å². The van der Waals surface area contributed by atoms with E-state index in [9.17, 15) is 9.59 Å². The number of fused-ring (bicyclic) bond motifs is 1. The summed E-state index contributed by atoms with van der Waals surface area (Å²) >= 11 is 0. The molecule has 4 nitrogen and oxygen atoms in total. The van der Waals surface area contributed by atoms with Crippen molar-refractivity contribution < 1.29 is 14.3 Å². The maximum Gasteiger partial charge on any atom is 0.258 e. The number of hydrogen-bond acceptors (Lipinski definition) is 3. The van der Waals surface area contributed by atoms with Gasteiger partial charge >= 0.3 is 0 Å². The van der Waals surface area contributed by atoms with Gasteiger partial charge < -0.3 is 9.64 Å². The molecule has 0 fully saturated rings. The predicted molar refractivity (Wildman–Crippen MR) is 87.3 cm³/mol. The molecular weight excluding hydrogens is 290 g/mol. The Morgan fingerprint density at radius 2 is 1.87 bits per heavy atom. The Kier molecular flexibility index (Phi) is 4.15. The number of carbonyl (C=O) groups excluding carboxylic acids is 2. The number of nitrogens with zero attached hydrogens (tertiary/aromatic N) is 1. The summed E-state index contributed by atoms with van der Waals surface area (Å²) in [6, 6.07) is 15.1. The molecule has 0 saturated carbocycles. The van der Waals surface area contributed by atoms with E-state index in [2.05, 4.69) is 0 Å². The fraction of sp³-hybridized carbons (Fsp3) is 0.263. The van der Waals surface area contributed by atoms with Gasteiger partial charge in [-0.2, -0.15) is 0 Å². The third-order valence-corrected chi connectivity index (χ3v) is 4.16. The van der Waals surface area contributed by atoms with Gasteiger partial charge in [0.1, 0.15) is 11.5 Å². The van der Waals surface area contributed by atoms with Crippen LogP contribution in [0.15, 0.2) is 48.5 Å². The van der Waals surface area contributed by atoms with Crippen molar-refractivity contribution in [2.24, 2.45) is 0 Å². The van der Waals surface area contributed by atoms with Gasteiger partial charge in [-0.25, -0.2) is 0 Å². The monoisotopic (exact) mass is 309 g/mol. The summed E-state index contributed by atoms with van der Waals surface area (Å²) in [7, 11) is 1.56. The molecular formula is C19H19NO3. The maximum absolute atomic E-state index is 12.9. The summed E-state index contributed by atoms with van der Waals surface area (Å²) in [4.78, 5) is 26.4. The van der Waals surface area contributed by atoms with Crippen LogP contribution in [0.25, 0.3) is 0 Å². The molecule has 1 unspecified atom stereocenters. The van der Waals surface area contributed by atoms with Crippen molar-refractivity contribution in [3.05, 3.63) is 65.2 Å². The van der Waals surface area contributed by atoms with Crippen LogP contribution < -0.4 is 4.74 Å². The van der Waals surface area contributed by atoms with E-state index in [1.54, 1.807) is 25.0 Å². The average Bonchev–Trinajstić information content (AvgIpc) is 2.81. The second-order valence-electron chi connectivity index (χ2n) is 5.77. The van der Waals surface area contributed by atoms with Crippen LogP contribution in [0.3, 0.4) is 0 Å². The van der Waals surface area contributed by atoms with Crippen LogP contribution in [0.4, 0.5) is 0 Å². The van der Waals surface area contributed by atoms with Crippen molar-refractivity contribution in [1.82, 2.24) is 4.90 Å². The van der Waals surface area contributed by atoms with Crippen LogP contribution in [0.2, 0.25) is 0 Å².